The van der Waals surface area contributed by atoms with Gasteiger partial charge in [0.05, 0.1) is 0 Å². The summed E-state index contributed by atoms with van der Waals surface area (Å²) in [4.78, 5) is 4.56. The van der Waals surface area contributed by atoms with Gasteiger partial charge < -0.3 is 15.1 Å². The fourth-order valence-corrected chi connectivity index (χ4v) is 1.48. The highest BCUT2D eigenvalue weighted by Crippen LogP contribution is 1.95. The van der Waals surface area contributed by atoms with E-state index in [0.29, 0.717) is 0 Å². The van der Waals surface area contributed by atoms with E-state index in [2.05, 4.69) is 49.8 Å². The molecule has 0 saturated heterocycles. The van der Waals surface area contributed by atoms with Gasteiger partial charge in [-0.15, -0.1) is 0 Å². The molecule has 0 rings (SSSR count). The largest absolute Gasteiger partial charge is 0.313 e. The van der Waals surface area contributed by atoms with E-state index >= 15 is 0 Å². The Morgan fingerprint density at radius 2 is 1.87 bits per heavy atom. The van der Waals surface area contributed by atoms with Crippen LogP contribution in [0.15, 0.2) is 12.2 Å². The zero-order chi connectivity index (χ0) is 11.7. The molecule has 0 aromatic heterocycles. The summed E-state index contributed by atoms with van der Waals surface area (Å²) in [6, 6.07) is 0. The number of nitrogens with zero attached hydrogens (tertiary/aromatic N) is 2. The summed E-state index contributed by atoms with van der Waals surface area (Å²) in [5, 5.41) is 3.29. The first-order valence-electron chi connectivity index (χ1n) is 5.77. The van der Waals surface area contributed by atoms with Crippen LogP contribution in [0.2, 0.25) is 0 Å². The summed E-state index contributed by atoms with van der Waals surface area (Å²) in [5.41, 5.74) is 1.27. The van der Waals surface area contributed by atoms with E-state index in [4.69, 9.17) is 0 Å². The Labute approximate surface area is 95.1 Å². The van der Waals surface area contributed by atoms with Crippen LogP contribution in [0.5, 0.6) is 0 Å². The van der Waals surface area contributed by atoms with Gasteiger partial charge in [-0.3, -0.25) is 0 Å². The average molecular weight is 213 g/mol. The van der Waals surface area contributed by atoms with Crippen molar-refractivity contribution in [2.45, 2.75) is 13.3 Å². The zero-order valence-electron chi connectivity index (χ0n) is 10.8. The third-order valence-corrected chi connectivity index (χ3v) is 2.26. The van der Waals surface area contributed by atoms with Crippen molar-refractivity contribution in [2.75, 3.05) is 53.9 Å². The lowest BCUT2D eigenvalue weighted by Gasteiger charge is -2.19. The third kappa shape index (κ3) is 9.91. The molecule has 0 aliphatic rings. The zero-order valence-corrected chi connectivity index (χ0v) is 10.8. The molecule has 0 aliphatic carbocycles. The first-order valence-corrected chi connectivity index (χ1v) is 5.77. The van der Waals surface area contributed by atoms with Crippen LogP contribution in [0.25, 0.3) is 0 Å². The molecule has 3 nitrogen and oxygen atoms in total. The summed E-state index contributed by atoms with van der Waals surface area (Å²) < 4.78 is 0. The fraction of sp³-hybridized carbons (Fsp3) is 0.833. The molecule has 90 valence electrons. The Bertz CT molecular complexity index is 166. The highest BCUT2D eigenvalue weighted by atomic mass is 15.1. The second kappa shape index (κ2) is 8.89. The summed E-state index contributed by atoms with van der Waals surface area (Å²) in [5.74, 6) is 0. The Morgan fingerprint density at radius 1 is 1.20 bits per heavy atom. The van der Waals surface area contributed by atoms with Crippen molar-refractivity contribution in [2.24, 2.45) is 0 Å². The molecule has 0 atom stereocenters. The van der Waals surface area contributed by atoms with Crippen LogP contribution in [-0.2, 0) is 0 Å². The lowest BCUT2D eigenvalue weighted by atomic mass is 10.2. The van der Waals surface area contributed by atoms with E-state index in [1.165, 1.54) is 12.0 Å². The molecule has 0 aromatic rings. The van der Waals surface area contributed by atoms with Gasteiger partial charge >= 0.3 is 0 Å². The van der Waals surface area contributed by atoms with Crippen molar-refractivity contribution < 1.29 is 0 Å². The standard InChI is InChI=1S/C12H27N3/c1-6-13-10-12(2)11-15(5)9-7-8-14(3)4/h13H,2,6-11H2,1,3-5H3. The first kappa shape index (κ1) is 14.6. The lowest BCUT2D eigenvalue weighted by molar-refractivity contribution is 0.316. The number of nitrogens with one attached hydrogen (secondary N) is 1. The lowest BCUT2D eigenvalue weighted by Crippen LogP contribution is -2.28. The maximum Gasteiger partial charge on any atom is 0.0199 e. The second-order valence-corrected chi connectivity index (χ2v) is 4.42. The van der Waals surface area contributed by atoms with Gasteiger partial charge in [0.2, 0.25) is 0 Å². The number of rotatable bonds is 9. The number of hydrogen-bond acceptors (Lipinski definition) is 3. The molecule has 3 heteroatoms. The minimum absolute atomic E-state index is 0.939. The van der Waals surface area contributed by atoms with Gasteiger partial charge in [-0.05, 0) is 52.8 Å². The predicted octanol–water partition coefficient (Wildman–Crippen LogP) is 1.04. The molecule has 0 saturated carbocycles. The maximum atomic E-state index is 4.06. The van der Waals surface area contributed by atoms with E-state index < -0.39 is 0 Å². The minimum atomic E-state index is 0.939. The molecule has 0 aliphatic heterocycles. The molecular weight excluding hydrogens is 186 g/mol. The molecule has 0 aromatic carbocycles. The van der Waals surface area contributed by atoms with E-state index in [1.807, 2.05) is 0 Å². The van der Waals surface area contributed by atoms with Crippen molar-refractivity contribution in [1.82, 2.24) is 15.1 Å². The SMILES string of the molecule is C=C(CNCC)CN(C)CCCN(C)C. The summed E-state index contributed by atoms with van der Waals surface area (Å²) >= 11 is 0. The van der Waals surface area contributed by atoms with Crippen molar-refractivity contribution in [3.05, 3.63) is 12.2 Å². The van der Waals surface area contributed by atoms with Gasteiger partial charge in [-0.2, -0.15) is 0 Å². The van der Waals surface area contributed by atoms with Gasteiger partial charge in [-0.1, -0.05) is 13.5 Å². The topological polar surface area (TPSA) is 18.5 Å². The van der Waals surface area contributed by atoms with Gasteiger partial charge in [0.25, 0.3) is 0 Å². The smallest absolute Gasteiger partial charge is 0.0199 e. The maximum absolute atomic E-state index is 4.06. The van der Waals surface area contributed by atoms with Crippen LogP contribution in [-0.4, -0.2) is 63.7 Å². The average Bonchev–Trinajstić information content (AvgIpc) is 2.14. The summed E-state index contributed by atoms with van der Waals surface area (Å²) in [6.07, 6.45) is 1.22. The highest BCUT2D eigenvalue weighted by molar-refractivity contribution is 4.99. The molecule has 0 unspecified atom stereocenters. The normalized spacial score (nSPS) is 11.3. The van der Waals surface area contributed by atoms with Crippen LogP contribution < -0.4 is 5.32 Å². The molecule has 15 heavy (non-hydrogen) atoms. The van der Waals surface area contributed by atoms with Crippen LogP contribution >= 0.6 is 0 Å². The molecule has 0 fully saturated rings. The Morgan fingerprint density at radius 3 is 2.40 bits per heavy atom. The highest BCUT2D eigenvalue weighted by Gasteiger charge is 2.01. The van der Waals surface area contributed by atoms with E-state index in [-0.39, 0.29) is 0 Å². The minimum Gasteiger partial charge on any atom is -0.313 e. The number of likely N-dealkylation sites (N-methyl/N-ethyl adjacent to an activating group) is 2. The van der Waals surface area contributed by atoms with Gasteiger partial charge in [0.1, 0.15) is 0 Å². The number of hydrogen-bond donors (Lipinski definition) is 1. The Hall–Kier alpha value is -0.380. The van der Waals surface area contributed by atoms with E-state index in [0.717, 1.165) is 32.7 Å². The third-order valence-electron chi connectivity index (χ3n) is 2.26. The molecule has 0 amide bonds. The van der Waals surface area contributed by atoms with Crippen LogP contribution in [0.4, 0.5) is 0 Å². The van der Waals surface area contributed by atoms with Crippen LogP contribution in [0, 0.1) is 0 Å². The van der Waals surface area contributed by atoms with Crippen LogP contribution in [0.3, 0.4) is 0 Å². The van der Waals surface area contributed by atoms with Crippen molar-refractivity contribution in [3.8, 4) is 0 Å². The van der Waals surface area contributed by atoms with E-state index in [9.17, 15) is 0 Å². The van der Waals surface area contributed by atoms with Gasteiger partial charge in [-0.25, -0.2) is 0 Å². The van der Waals surface area contributed by atoms with Crippen molar-refractivity contribution in [1.29, 1.82) is 0 Å². The van der Waals surface area contributed by atoms with E-state index in [1.54, 1.807) is 0 Å². The molecule has 0 spiro atoms. The quantitative estimate of drug-likeness (QED) is 0.577. The summed E-state index contributed by atoms with van der Waals surface area (Å²) in [6.45, 7) is 11.4. The molecule has 0 heterocycles. The monoisotopic (exact) mass is 213 g/mol. The van der Waals surface area contributed by atoms with Crippen LogP contribution in [0.1, 0.15) is 13.3 Å². The molecule has 0 radical (unpaired) electrons. The molecule has 1 N–H and O–H groups in total. The molecular formula is C12H27N3. The Balaban J connectivity index is 3.46. The molecule has 0 bridgehead atoms. The fourth-order valence-electron chi connectivity index (χ4n) is 1.48. The second-order valence-electron chi connectivity index (χ2n) is 4.42. The Kier molecular flexibility index (Phi) is 8.67. The van der Waals surface area contributed by atoms with Gasteiger partial charge in [0, 0.05) is 13.1 Å². The predicted molar refractivity (Wildman–Crippen MR) is 68.4 cm³/mol. The van der Waals surface area contributed by atoms with Crippen molar-refractivity contribution in [3.63, 3.8) is 0 Å². The van der Waals surface area contributed by atoms with Crippen molar-refractivity contribution >= 4 is 0 Å². The summed E-state index contributed by atoms with van der Waals surface area (Å²) in [7, 11) is 6.39. The van der Waals surface area contributed by atoms with Gasteiger partial charge in [0.15, 0.2) is 0 Å². The first-order chi connectivity index (χ1) is 7.06.